The van der Waals surface area contributed by atoms with Gasteiger partial charge >= 0.3 is 0 Å². The van der Waals surface area contributed by atoms with Gasteiger partial charge in [0.05, 0.1) is 6.04 Å². The molecule has 0 bridgehead atoms. The molecule has 18 heavy (non-hydrogen) atoms. The highest BCUT2D eigenvalue weighted by Crippen LogP contribution is 2.24. The van der Waals surface area contributed by atoms with Crippen molar-refractivity contribution in [3.63, 3.8) is 0 Å². The van der Waals surface area contributed by atoms with Crippen LogP contribution in [-0.2, 0) is 11.2 Å². The van der Waals surface area contributed by atoms with Crippen LogP contribution in [0.5, 0.6) is 0 Å². The summed E-state index contributed by atoms with van der Waals surface area (Å²) in [6.45, 7) is 2.20. The third kappa shape index (κ3) is 3.33. The predicted octanol–water partition coefficient (Wildman–Crippen LogP) is 1.86. The number of carbonyl (C=O) groups is 1. The molecule has 3 heteroatoms. The maximum atomic E-state index is 12.0. The Morgan fingerprint density at radius 3 is 2.72 bits per heavy atom. The van der Waals surface area contributed by atoms with E-state index in [-0.39, 0.29) is 5.91 Å². The smallest absolute Gasteiger partial charge is 0.237 e. The van der Waals surface area contributed by atoms with Gasteiger partial charge in [0.15, 0.2) is 0 Å². The SMILES string of the molecule is CC1CCCC1NC(=O)[C@H](N)Cc1ccccc1. The van der Waals surface area contributed by atoms with Crippen molar-refractivity contribution in [3.8, 4) is 0 Å². The van der Waals surface area contributed by atoms with Crippen LogP contribution in [0.1, 0.15) is 31.7 Å². The van der Waals surface area contributed by atoms with Gasteiger partial charge < -0.3 is 11.1 Å². The lowest BCUT2D eigenvalue weighted by Crippen LogP contribution is -2.47. The van der Waals surface area contributed by atoms with Gasteiger partial charge in [-0.3, -0.25) is 4.79 Å². The molecule has 0 radical (unpaired) electrons. The minimum absolute atomic E-state index is 0.0161. The lowest BCUT2D eigenvalue weighted by atomic mass is 10.0. The minimum Gasteiger partial charge on any atom is -0.352 e. The van der Waals surface area contributed by atoms with Gasteiger partial charge in [-0.15, -0.1) is 0 Å². The molecule has 0 aromatic heterocycles. The lowest BCUT2D eigenvalue weighted by Gasteiger charge is -2.20. The number of hydrogen-bond acceptors (Lipinski definition) is 2. The van der Waals surface area contributed by atoms with Crippen molar-refractivity contribution in [1.29, 1.82) is 0 Å². The molecule has 3 atom stereocenters. The van der Waals surface area contributed by atoms with Crippen molar-refractivity contribution < 1.29 is 4.79 Å². The first kappa shape index (κ1) is 13.1. The Hall–Kier alpha value is -1.35. The second-order valence-corrected chi connectivity index (χ2v) is 5.32. The van der Waals surface area contributed by atoms with Gasteiger partial charge in [0.2, 0.25) is 5.91 Å². The quantitative estimate of drug-likeness (QED) is 0.852. The second-order valence-electron chi connectivity index (χ2n) is 5.32. The molecule has 0 aliphatic heterocycles. The van der Waals surface area contributed by atoms with Crippen LogP contribution >= 0.6 is 0 Å². The molecule has 1 fully saturated rings. The Balaban J connectivity index is 1.85. The Bertz CT molecular complexity index is 391. The third-order valence-electron chi connectivity index (χ3n) is 3.82. The summed E-state index contributed by atoms with van der Waals surface area (Å²) in [5, 5.41) is 3.08. The van der Waals surface area contributed by atoms with Gasteiger partial charge in [-0.1, -0.05) is 43.7 Å². The number of nitrogens with one attached hydrogen (secondary N) is 1. The third-order valence-corrected chi connectivity index (χ3v) is 3.82. The first-order valence-corrected chi connectivity index (χ1v) is 6.76. The molecule has 2 rings (SSSR count). The van der Waals surface area contributed by atoms with Crippen molar-refractivity contribution >= 4 is 5.91 Å². The normalized spacial score (nSPS) is 24.8. The summed E-state index contributed by atoms with van der Waals surface area (Å²) in [6, 6.07) is 9.80. The second kappa shape index (κ2) is 6.01. The van der Waals surface area contributed by atoms with Crippen LogP contribution in [0.15, 0.2) is 30.3 Å². The molecule has 0 spiro atoms. The van der Waals surface area contributed by atoms with Gasteiger partial charge in [-0.25, -0.2) is 0 Å². The van der Waals surface area contributed by atoms with E-state index in [2.05, 4.69) is 12.2 Å². The summed E-state index contributed by atoms with van der Waals surface area (Å²) in [7, 11) is 0. The minimum atomic E-state index is -0.444. The standard InChI is InChI=1S/C15H22N2O/c1-11-6-5-9-14(11)17-15(18)13(16)10-12-7-3-2-4-8-12/h2-4,7-8,11,13-14H,5-6,9-10,16H2,1H3,(H,17,18)/t11?,13-,14?/m1/s1. The van der Waals surface area contributed by atoms with Crippen LogP contribution in [0.2, 0.25) is 0 Å². The molecule has 3 N–H and O–H groups in total. The summed E-state index contributed by atoms with van der Waals surface area (Å²) in [4.78, 5) is 12.0. The first-order valence-electron chi connectivity index (χ1n) is 6.76. The van der Waals surface area contributed by atoms with Crippen molar-refractivity contribution in [2.75, 3.05) is 0 Å². The number of carbonyl (C=O) groups excluding carboxylic acids is 1. The lowest BCUT2D eigenvalue weighted by molar-refractivity contribution is -0.123. The average molecular weight is 246 g/mol. The van der Waals surface area contributed by atoms with Gasteiger partial charge in [-0.05, 0) is 30.7 Å². The molecule has 3 nitrogen and oxygen atoms in total. The van der Waals surface area contributed by atoms with E-state index in [1.54, 1.807) is 0 Å². The largest absolute Gasteiger partial charge is 0.352 e. The van der Waals surface area contributed by atoms with E-state index in [0.717, 1.165) is 12.0 Å². The summed E-state index contributed by atoms with van der Waals surface area (Å²) < 4.78 is 0. The van der Waals surface area contributed by atoms with Crippen molar-refractivity contribution in [2.45, 2.75) is 44.7 Å². The Labute approximate surface area is 109 Å². The highest BCUT2D eigenvalue weighted by atomic mass is 16.2. The Morgan fingerprint density at radius 1 is 1.39 bits per heavy atom. The maximum Gasteiger partial charge on any atom is 0.237 e. The molecular weight excluding hydrogens is 224 g/mol. The van der Waals surface area contributed by atoms with Crippen LogP contribution in [0.4, 0.5) is 0 Å². The zero-order chi connectivity index (χ0) is 13.0. The van der Waals surface area contributed by atoms with Crippen molar-refractivity contribution in [2.24, 2.45) is 11.7 Å². The number of hydrogen-bond donors (Lipinski definition) is 2. The fourth-order valence-corrected chi connectivity index (χ4v) is 2.61. The van der Waals surface area contributed by atoms with Crippen molar-refractivity contribution in [1.82, 2.24) is 5.32 Å². The average Bonchev–Trinajstić information content (AvgIpc) is 2.76. The fraction of sp³-hybridized carbons (Fsp3) is 0.533. The van der Waals surface area contributed by atoms with Gasteiger partial charge in [0.1, 0.15) is 0 Å². The van der Waals surface area contributed by atoms with E-state index in [4.69, 9.17) is 5.73 Å². The zero-order valence-corrected chi connectivity index (χ0v) is 10.9. The highest BCUT2D eigenvalue weighted by molar-refractivity contribution is 5.82. The van der Waals surface area contributed by atoms with E-state index >= 15 is 0 Å². The Morgan fingerprint density at radius 2 is 2.11 bits per heavy atom. The summed E-state index contributed by atoms with van der Waals surface area (Å²) in [5.74, 6) is 0.565. The van der Waals surface area contributed by atoms with Gasteiger partial charge in [0, 0.05) is 6.04 Å². The molecule has 0 saturated heterocycles. The molecule has 98 valence electrons. The monoisotopic (exact) mass is 246 g/mol. The number of benzene rings is 1. The van der Waals surface area contributed by atoms with E-state index in [9.17, 15) is 4.79 Å². The van der Waals surface area contributed by atoms with Crippen LogP contribution in [0.25, 0.3) is 0 Å². The van der Waals surface area contributed by atoms with Crippen LogP contribution in [0, 0.1) is 5.92 Å². The van der Waals surface area contributed by atoms with E-state index in [0.29, 0.717) is 18.4 Å². The van der Waals surface area contributed by atoms with Crippen LogP contribution in [-0.4, -0.2) is 18.0 Å². The van der Waals surface area contributed by atoms with Crippen LogP contribution in [0.3, 0.4) is 0 Å². The molecule has 1 aromatic rings. The topological polar surface area (TPSA) is 55.1 Å². The van der Waals surface area contributed by atoms with E-state index in [1.807, 2.05) is 30.3 Å². The molecule has 1 saturated carbocycles. The molecule has 1 aromatic carbocycles. The number of amides is 1. The first-order chi connectivity index (χ1) is 8.66. The van der Waals surface area contributed by atoms with Gasteiger partial charge in [0.25, 0.3) is 0 Å². The van der Waals surface area contributed by atoms with Gasteiger partial charge in [-0.2, -0.15) is 0 Å². The number of rotatable bonds is 4. The maximum absolute atomic E-state index is 12.0. The predicted molar refractivity (Wildman–Crippen MR) is 73.1 cm³/mol. The molecule has 2 unspecified atom stereocenters. The van der Waals surface area contributed by atoms with Crippen molar-refractivity contribution in [3.05, 3.63) is 35.9 Å². The summed E-state index contributed by atoms with van der Waals surface area (Å²) >= 11 is 0. The summed E-state index contributed by atoms with van der Waals surface area (Å²) in [6.07, 6.45) is 4.11. The zero-order valence-electron chi connectivity index (χ0n) is 10.9. The molecule has 1 amide bonds. The summed E-state index contributed by atoms with van der Waals surface area (Å²) in [5.41, 5.74) is 7.07. The molecular formula is C15H22N2O. The highest BCUT2D eigenvalue weighted by Gasteiger charge is 2.26. The fourth-order valence-electron chi connectivity index (χ4n) is 2.61. The Kier molecular flexibility index (Phi) is 4.37. The molecule has 0 heterocycles. The number of nitrogens with two attached hydrogens (primary N) is 1. The van der Waals surface area contributed by atoms with E-state index in [1.165, 1.54) is 12.8 Å². The van der Waals surface area contributed by atoms with E-state index < -0.39 is 6.04 Å². The molecule has 1 aliphatic carbocycles. The van der Waals surface area contributed by atoms with Crippen LogP contribution < -0.4 is 11.1 Å². The molecule has 1 aliphatic rings.